The maximum atomic E-state index is 11.4. The molecule has 0 radical (unpaired) electrons. The van der Waals surface area contributed by atoms with Crippen molar-refractivity contribution in [2.75, 3.05) is 7.11 Å². The van der Waals surface area contributed by atoms with E-state index in [2.05, 4.69) is 9.84 Å². The maximum Gasteiger partial charge on any atom is 0.337 e. The number of rotatable bonds is 2. The molecule has 0 saturated carbocycles. The van der Waals surface area contributed by atoms with Gasteiger partial charge in [0, 0.05) is 0 Å². The molecule has 0 aliphatic rings. The van der Waals surface area contributed by atoms with Gasteiger partial charge in [0.2, 0.25) is 0 Å². The van der Waals surface area contributed by atoms with Crippen molar-refractivity contribution in [3.8, 4) is 11.4 Å². The van der Waals surface area contributed by atoms with Gasteiger partial charge in [-0.25, -0.2) is 9.48 Å². The Morgan fingerprint density at radius 3 is 2.58 bits per heavy atom. The average Bonchev–Trinajstić information content (AvgIpc) is 2.65. The van der Waals surface area contributed by atoms with Crippen molar-refractivity contribution >= 4 is 17.6 Å². The molecule has 0 amide bonds. The number of carbonyl (C=O) groups excluding carboxylic acids is 1. The molecule has 0 aliphatic carbocycles. The number of methoxy groups -OCH3 is 1. The van der Waals surface area contributed by atoms with E-state index < -0.39 is 5.97 Å². The smallest absolute Gasteiger partial charge is 0.337 e. The highest BCUT2D eigenvalue weighted by Gasteiger charge is 2.15. The molecule has 2 rings (SSSR count). The third-order valence-electron chi connectivity index (χ3n) is 2.83. The second-order valence-corrected chi connectivity index (χ2v) is 4.47. The van der Waals surface area contributed by atoms with Crippen LogP contribution in [0.4, 0.5) is 0 Å². The largest absolute Gasteiger partial charge is 0.506 e. The number of hydrogen-bond donors (Lipinski definition) is 1. The first-order valence-electron chi connectivity index (χ1n) is 5.59. The number of halogens is 1. The van der Waals surface area contributed by atoms with Crippen LogP contribution in [-0.4, -0.2) is 28.0 Å². The van der Waals surface area contributed by atoms with Crippen LogP contribution >= 0.6 is 11.6 Å². The normalized spacial score (nSPS) is 10.5. The van der Waals surface area contributed by atoms with Gasteiger partial charge in [0.15, 0.2) is 0 Å². The topological polar surface area (TPSA) is 64.4 Å². The number of phenolic OH excluding ortho intramolecular Hbond substituents is 1. The summed E-state index contributed by atoms with van der Waals surface area (Å²) in [6, 6.07) is 4.49. The number of nitrogens with zero attached hydrogens (tertiary/aromatic N) is 2. The van der Waals surface area contributed by atoms with Gasteiger partial charge in [-0.05, 0) is 32.0 Å². The molecule has 2 aromatic rings. The molecule has 0 atom stereocenters. The van der Waals surface area contributed by atoms with Gasteiger partial charge in [-0.15, -0.1) is 0 Å². The Morgan fingerprint density at radius 1 is 1.42 bits per heavy atom. The second-order valence-electron chi connectivity index (χ2n) is 4.09. The fourth-order valence-corrected chi connectivity index (χ4v) is 1.92. The summed E-state index contributed by atoms with van der Waals surface area (Å²) in [6.07, 6.45) is 0. The summed E-state index contributed by atoms with van der Waals surface area (Å²) in [4.78, 5) is 11.4. The number of aromatic hydroxyl groups is 1. The molecule has 6 heteroatoms. The van der Waals surface area contributed by atoms with Gasteiger partial charge in [-0.3, -0.25) is 0 Å². The van der Waals surface area contributed by atoms with Crippen molar-refractivity contribution < 1.29 is 14.6 Å². The Labute approximate surface area is 115 Å². The molecule has 0 spiro atoms. The molecule has 19 heavy (non-hydrogen) atoms. The van der Waals surface area contributed by atoms with Crippen molar-refractivity contribution in [1.82, 2.24) is 9.78 Å². The average molecular weight is 281 g/mol. The Balaban J connectivity index is 2.52. The van der Waals surface area contributed by atoms with E-state index in [9.17, 15) is 9.90 Å². The van der Waals surface area contributed by atoms with Crippen molar-refractivity contribution in [3.63, 3.8) is 0 Å². The van der Waals surface area contributed by atoms with Gasteiger partial charge in [0.1, 0.15) is 11.4 Å². The van der Waals surface area contributed by atoms with Crippen LogP contribution in [0.15, 0.2) is 18.2 Å². The van der Waals surface area contributed by atoms with Gasteiger partial charge >= 0.3 is 5.97 Å². The molecule has 0 bridgehead atoms. The Morgan fingerprint density at radius 2 is 2.11 bits per heavy atom. The third-order valence-corrected chi connectivity index (χ3v) is 3.37. The van der Waals surface area contributed by atoms with E-state index in [-0.39, 0.29) is 11.3 Å². The third kappa shape index (κ3) is 2.29. The van der Waals surface area contributed by atoms with Crippen LogP contribution in [0.5, 0.6) is 5.75 Å². The molecule has 100 valence electrons. The number of carbonyl (C=O) groups is 1. The summed E-state index contributed by atoms with van der Waals surface area (Å²) in [5.74, 6) is -0.571. The van der Waals surface area contributed by atoms with E-state index in [1.807, 2.05) is 0 Å². The van der Waals surface area contributed by atoms with E-state index in [4.69, 9.17) is 11.6 Å². The summed E-state index contributed by atoms with van der Waals surface area (Å²) in [5, 5.41) is 14.8. The van der Waals surface area contributed by atoms with Gasteiger partial charge < -0.3 is 9.84 Å². The quantitative estimate of drug-likeness (QED) is 0.859. The van der Waals surface area contributed by atoms with E-state index in [0.717, 1.165) is 5.69 Å². The molecule has 5 nitrogen and oxygen atoms in total. The van der Waals surface area contributed by atoms with E-state index in [0.29, 0.717) is 16.4 Å². The lowest BCUT2D eigenvalue weighted by atomic mass is 10.2. The van der Waals surface area contributed by atoms with Crippen LogP contribution in [-0.2, 0) is 4.74 Å². The highest BCUT2D eigenvalue weighted by Crippen LogP contribution is 2.28. The second kappa shape index (κ2) is 4.93. The summed E-state index contributed by atoms with van der Waals surface area (Å²) in [7, 11) is 1.29. The summed E-state index contributed by atoms with van der Waals surface area (Å²) >= 11 is 6.07. The van der Waals surface area contributed by atoms with E-state index in [1.165, 1.54) is 17.9 Å². The highest BCUT2D eigenvalue weighted by molar-refractivity contribution is 6.31. The fourth-order valence-electron chi connectivity index (χ4n) is 1.81. The van der Waals surface area contributed by atoms with Crippen molar-refractivity contribution in [3.05, 3.63) is 40.2 Å². The van der Waals surface area contributed by atoms with Gasteiger partial charge in [0.25, 0.3) is 0 Å². The number of ether oxygens (including phenoxy) is 1. The molecule has 1 aromatic carbocycles. The van der Waals surface area contributed by atoms with Gasteiger partial charge in [0.05, 0.1) is 29.1 Å². The minimum Gasteiger partial charge on any atom is -0.506 e. The molecule has 0 fully saturated rings. The number of aromatic nitrogens is 2. The van der Waals surface area contributed by atoms with Crippen LogP contribution < -0.4 is 0 Å². The van der Waals surface area contributed by atoms with Crippen LogP contribution in [0.2, 0.25) is 5.02 Å². The number of esters is 1. The zero-order chi connectivity index (χ0) is 14.2. The van der Waals surface area contributed by atoms with E-state index in [1.54, 1.807) is 26.0 Å². The monoisotopic (exact) mass is 280 g/mol. The van der Waals surface area contributed by atoms with Crippen LogP contribution in [0.25, 0.3) is 5.69 Å². The maximum absolute atomic E-state index is 11.4. The lowest BCUT2D eigenvalue weighted by Gasteiger charge is -2.08. The van der Waals surface area contributed by atoms with Crippen LogP contribution in [0.1, 0.15) is 21.7 Å². The first kappa shape index (κ1) is 13.4. The highest BCUT2D eigenvalue weighted by atomic mass is 35.5. The standard InChI is InChI=1S/C13H13ClN2O3/c1-7-12(14)8(2)16(15-7)10-5-4-9(6-11(10)17)13(18)19-3/h4-6,17H,1-3H3. The van der Waals surface area contributed by atoms with Crippen molar-refractivity contribution in [1.29, 1.82) is 0 Å². The summed E-state index contributed by atoms with van der Waals surface area (Å²) < 4.78 is 6.13. The van der Waals surface area contributed by atoms with Crippen molar-refractivity contribution in [2.45, 2.75) is 13.8 Å². The molecular formula is C13H13ClN2O3. The molecular weight excluding hydrogens is 268 g/mol. The van der Waals surface area contributed by atoms with Gasteiger partial charge in [-0.1, -0.05) is 11.6 Å². The SMILES string of the molecule is COC(=O)c1ccc(-n2nc(C)c(Cl)c2C)c(O)c1. The number of benzene rings is 1. The molecule has 1 heterocycles. The molecule has 1 aromatic heterocycles. The Hall–Kier alpha value is -2.01. The summed E-state index contributed by atoms with van der Waals surface area (Å²) in [5.41, 5.74) is 2.13. The lowest BCUT2D eigenvalue weighted by molar-refractivity contribution is 0.0600. The molecule has 0 unspecified atom stereocenters. The minimum absolute atomic E-state index is 0.0647. The van der Waals surface area contributed by atoms with Crippen LogP contribution in [0, 0.1) is 13.8 Å². The number of hydrogen-bond acceptors (Lipinski definition) is 4. The predicted octanol–water partition coefficient (Wildman–Crippen LogP) is 2.63. The zero-order valence-corrected chi connectivity index (χ0v) is 11.5. The lowest BCUT2D eigenvalue weighted by Crippen LogP contribution is -2.04. The van der Waals surface area contributed by atoms with Gasteiger partial charge in [-0.2, -0.15) is 5.10 Å². The van der Waals surface area contributed by atoms with E-state index >= 15 is 0 Å². The Kier molecular flexibility index (Phi) is 3.48. The minimum atomic E-state index is -0.506. The number of phenols is 1. The molecule has 0 aliphatic heterocycles. The summed E-state index contributed by atoms with van der Waals surface area (Å²) in [6.45, 7) is 3.59. The van der Waals surface area contributed by atoms with Crippen LogP contribution in [0.3, 0.4) is 0 Å². The number of aryl methyl sites for hydroxylation is 1. The fraction of sp³-hybridized carbons (Fsp3) is 0.231. The first-order chi connectivity index (χ1) is 8.95. The first-order valence-corrected chi connectivity index (χ1v) is 5.97. The molecule has 1 N–H and O–H groups in total. The zero-order valence-electron chi connectivity index (χ0n) is 10.8. The van der Waals surface area contributed by atoms with Crippen molar-refractivity contribution in [2.24, 2.45) is 0 Å². The molecule has 0 saturated heterocycles. The predicted molar refractivity (Wildman–Crippen MR) is 71.1 cm³/mol. The Bertz CT molecular complexity index is 650.